The predicted molar refractivity (Wildman–Crippen MR) is 498 cm³/mol. The molecule has 11 heterocycles. The van der Waals surface area contributed by atoms with Gasteiger partial charge in [-0.05, 0) is 13.0 Å². The summed E-state index contributed by atoms with van der Waals surface area (Å²) in [4.78, 5) is 145. The van der Waals surface area contributed by atoms with E-state index >= 15 is 0 Å². The number of nitrogens with one attached hydrogen (secondary N) is 1. The maximum Gasteiger partial charge on any atom is 0.349 e. The third-order valence-electron chi connectivity index (χ3n) is 19.9. The van der Waals surface area contributed by atoms with Gasteiger partial charge in [0.15, 0.2) is 57.0 Å². The SMILES string of the molecule is CC(C)(C)P(=O)(O)COCCn1cnc2c(=O)[nH]c(N)nc21.CC(C)(C)P(=O)(O)COCCn1cnc2c(N)nc(N)nc21.CC(C)(C)P(=O)(O)COCCn1cnc2c(N)ncnc21.CC(C)(C)P(=O)(O)CO[C@H](CO)Cn1ccc(N)nc1=O.CC(C)(C)P(=O)(O)CO[C@H](CO)Cn1cnc2c(N)ncnc21.C[C@H](Cn1cnc2c(N)ncnc21)OCP(=O)(O)C(C)(C)C. The zero-order valence-corrected chi connectivity index (χ0v) is 82.3. The quantitative estimate of drug-likeness (QED) is 0.0167. The maximum atomic E-state index is 12.2. The molecule has 9 atom stereocenters. The van der Waals surface area contributed by atoms with E-state index in [1.807, 2.05) is 6.92 Å². The number of fused-ring (bicyclic) bond motifs is 5. The molecule has 11 rings (SSSR count). The van der Waals surface area contributed by atoms with Crippen LogP contribution in [0.25, 0.3) is 55.8 Å². The first-order valence-corrected chi connectivity index (χ1v) is 51.6. The van der Waals surface area contributed by atoms with Crippen molar-refractivity contribution in [3.63, 3.8) is 0 Å². The molecular weight excluding hydrogens is 1830 g/mol. The van der Waals surface area contributed by atoms with Crippen LogP contribution in [0, 0.1) is 0 Å². The Morgan fingerprint density at radius 2 is 0.672 bits per heavy atom. The van der Waals surface area contributed by atoms with Gasteiger partial charge < -0.3 is 131 Å². The van der Waals surface area contributed by atoms with Gasteiger partial charge in [0.05, 0.1) is 103 Å². The van der Waals surface area contributed by atoms with E-state index in [9.17, 15) is 76.6 Å². The Morgan fingerprint density at radius 1 is 0.366 bits per heavy atom. The van der Waals surface area contributed by atoms with Crippen molar-refractivity contribution in [1.29, 1.82) is 0 Å². The van der Waals surface area contributed by atoms with Crippen LogP contribution in [-0.4, -0.2) is 267 Å². The van der Waals surface area contributed by atoms with Gasteiger partial charge in [-0.1, -0.05) is 125 Å². The summed E-state index contributed by atoms with van der Waals surface area (Å²) in [6.07, 6.45) is 10.1. The van der Waals surface area contributed by atoms with Crippen LogP contribution < -0.4 is 51.4 Å². The molecule has 0 aliphatic rings. The highest BCUT2D eigenvalue weighted by molar-refractivity contribution is 7.61. The largest absolute Gasteiger partial charge is 0.394 e. The fourth-order valence-corrected chi connectivity index (χ4v) is 14.7. The molecule has 0 fully saturated rings. The Labute approximate surface area is 755 Å². The highest BCUT2D eigenvalue weighted by Crippen LogP contribution is 2.58. The van der Waals surface area contributed by atoms with Crippen molar-refractivity contribution in [2.45, 2.75) is 220 Å². The number of nitrogen functional groups attached to an aromatic ring is 7. The summed E-state index contributed by atoms with van der Waals surface area (Å²) in [7, 11) is -20.5. The number of ether oxygens (including phenoxy) is 6. The molecule has 57 heteroatoms. The highest BCUT2D eigenvalue weighted by atomic mass is 31.2. The number of aliphatic hydroxyl groups is 2. The van der Waals surface area contributed by atoms with Gasteiger partial charge in [-0.3, -0.25) is 41.7 Å². The third-order valence-corrected chi connectivity index (χ3v) is 35.5. The Balaban J connectivity index is 0.000000242. The number of aromatic nitrogens is 22. The topological polar surface area (TPSA) is 775 Å². The number of nitrogens with two attached hydrogens (primary N) is 7. The minimum atomic E-state index is -3.52. The molecule has 11 aromatic rings. The summed E-state index contributed by atoms with van der Waals surface area (Å²) in [5, 5.41) is 14.3. The number of H-pyrrole nitrogens is 1. The van der Waals surface area contributed by atoms with Gasteiger partial charge in [0.25, 0.3) is 5.56 Å². The molecule has 0 saturated heterocycles. The zero-order valence-electron chi connectivity index (χ0n) is 76.9. The average molecular weight is 1960 g/mol. The number of nitrogens with zero attached hydrogens (tertiary/aromatic N) is 21. The van der Waals surface area contributed by atoms with Crippen LogP contribution in [0.5, 0.6) is 0 Å². The molecule has 0 bridgehead atoms. The second-order valence-electron chi connectivity index (χ2n) is 36.1. The molecule has 0 aromatic carbocycles. The van der Waals surface area contributed by atoms with Crippen LogP contribution in [-0.2, 0) is 95.1 Å². The van der Waals surface area contributed by atoms with Crippen molar-refractivity contribution in [3.8, 4) is 0 Å². The van der Waals surface area contributed by atoms with E-state index < -0.39 is 105 Å². The minimum absolute atomic E-state index is 0.00719. The van der Waals surface area contributed by atoms with E-state index in [1.54, 1.807) is 166 Å². The van der Waals surface area contributed by atoms with Crippen LogP contribution in [0.3, 0.4) is 0 Å². The van der Waals surface area contributed by atoms with E-state index in [0.717, 1.165) is 0 Å². The van der Waals surface area contributed by atoms with Gasteiger partial charge in [0, 0.05) is 56.8 Å². The normalized spacial score (nSPS) is 15.8. The molecule has 23 N–H and O–H groups in total. The van der Waals surface area contributed by atoms with Gasteiger partial charge >= 0.3 is 5.69 Å². The molecule has 730 valence electrons. The zero-order chi connectivity index (χ0) is 98.8. The number of rotatable bonds is 32. The summed E-state index contributed by atoms with van der Waals surface area (Å²) >= 11 is 0. The number of anilines is 7. The number of hydrogen-bond donors (Lipinski definition) is 16. The first kappa shape index (κ1) is 111. The first-order valence-electron chi connectivity index (χ1n) is 40.5. The summed E-state index contributed by atoms with van der Waals surface area (Å²) in [5.74, 6) is 1.31. The van der Waals surface area contributed by atoms with E-state index in [2.05, 4.69) is 79.7 Å². The predicted octanol–water partition coefficient (Wildman–Crippen LogP) is 6.11. The second kappa shape index (κ2) is 45.3. The van der Waals surface area contributed by atoms with Gasteiger partial charge in [0.2, 0.25) is 56.1 Å². The lowest BCUT2D eigenvalue weighted by Gasteiger charge is -2.27. The third kappa shape index (κ3) is 31.0. The van der Waals surface area contributed by atoms with Crippen molar-refractivity contribution in [1.82, 2.24) is 107 Å². The Bertz CT molecular complexity index is 6060. The van der Waals surface area contributed by atoms with Gasteiger partial charge in [-0.25, -0.2) is 59.6 Å². The molecule has 11 aromatic heterocycles. The van der Waals surface area contributed by atoms with Crippen molar-refractivity contribution < 1.29 is 95.4 Å². The number of hydrogen-bond acceptors (Lipinski definition) is 38. The lowest BCUT2D eigenvalue weighted by molar-refractivity contribution is 0.0214. The van der Waals surface area contributed by atoms with Crippen molar-refractivity contribution in [2.24, 2.45) is 0 Å². The minimum Gasteiger partial charge on any atom is -0.394 e. The molecule has 6 unspecified atom stereocenters. The molecule has 51 nitrogen and oxygen atoms in total. The molecule has 0 saturated carbocycles. The maximum absolute atomic E-state index is 12.2. The van der Waals surface area contributed by atoms with Crippen molar-refractivity contribution in [3.05, 3.63) is 83.7 Å². The van der Waals surface area contributed by atoms with E-state index in [4.69, 9.17) is 68.6 Å². The van der Waals surface area contributed by atoms with Crippen LogP contribution >= 0.6 is 44.2 Å². The van der Waals surface area contributed by atoms with Gasteiger partial charge in [0.1, 0.15) is 85.0 Å². The molecule has 131 heavy (non-hydrogen) atoms. The van der Waals surface area contributed by atoms with Gasteiger partial charge in [-0.2, -0.15) is 19.9 Å². The lowest BCUT2D eigenvalue weighted by Crippen LogP contribution is -2.32. The van der Waals surface area contributed by atoms with Crippen LogP contribution in [0.2, 0.25) is 0 Å². The molecule has 0 aliphatic carbocycles. The fourth-order valence-electron chi connectivity index (χ4n) is 9.94. The van der Waals surface area contributed by atoms with Crippen molar-refractivity contribution >= 4 is 141 Å². The Hall–Kier alpha value is -9.15. The van der Waals surface area contributed by atoms with Gasteiger partial charge in [-0.15, -0.1) is 0 Å². The first-order chi connectivity index (χ1) is 60.3. The lowest BCUT2D eigenvalue weighted by atomic mass is 10.3. The molecule has 0 amide bonds. The summed E-state index contributed by atoms with van der Waals surface area (Å²) in [5.41, 5.74) is 43.2. The summed E-state index contributed by atoms with van der Waals surface area (Å²) in [6, 6.07) is 1.45. The monoisotopic (exact) mass is 1960 g/mol. The molecular formula is C74H127N29O22P6. The smallest absolute Gasteiger partial charge is 0.349 e. The van der Waals surface area contributed by atoms with Crippen LogP contribution in [0.15, 0.2) is 72.5 Å². The number of aromatic amines is 1. The fraction of sp³-hybridized carbons (Fsp3) is 0.608. The summed E-state index contributed by atoms with van der Waals surface area (Å²) < 4.78 is 115. The number of aliphatic hydroxyl groups excluding tert-OH is 2. The highest BCUT2D eigenvalue weighted by Gasteiger charge is 2.40. The van der Waals surface area contributed by atoms with E-state index in [-0.39, 0.29) is 119 Å². The number of imidazole rings is 5. The Morgan fingerprint density at radius 3 is 1.03 bits per heavy atom. The van der Waals surface area contributed by atoms with E-state index in [0.29, 0.717) is 88.1 Å². The summed E-state index contributed by atoms with van der Waals surface area (Å²) in [6.45, 7) is 34.3. The second-order valence-corrected chi connectivity index (χ2v) is 54.1. The molecule has 0 spiro atoms. The van der Waals surface area contributed by atoms with Crippen LogP contribution in [0.4, 0.5) is 41.0 Å². The van der Waals surface area contributed by atoms with E-state index in [1.165, 1.54) is 48.5 Å². The van der Waals surface area contributed by atoms with Crippen molar-refractivity contribution in [2.75, 3.05) is 111 Å². The standard InChI is InChI=1S/C13H22N5O4P.C13H22N5O3P.C12H21N6O3P.C12H20N5O4P.C12H20N5O3P.C12H22N3O5P/c1-13(2,3)23(20,21)8-22-9(5-19)4-18-7-17-10-11(14)15-6-16-12(10)18;1-9(21-8-22(19,20)13(2,3)4)5-18-7-17-10-11(14)15-6-16-12(10)18;1-12(2,3)22(19,20)7-21-5-4-18-6-15-8-9(13)16-11(14)17-10(8)18;1-12(2,3)22(19,20)7-21-5-4-17-6-14-8-9(17)15-11(13)16-10(8)18;1-12(2,3)21(18,19)8-20-5-4-17-7-16-9-10(13)14-6-15-11(9)17;1-12(2,3)21(18,19)8-20-9(7-16)6-15-5-4-10(13)14-11(15)17/h6-7,9,19H,4-5,8H2,1-3H3,(H,20,21)(H2,14,15,16);6-7,9H,5,8H2,1-4H3,(H,19,20)(H2,14,15,16);6H,4-5,7H2,1-3H3,(H,19,20)(H4,13,14,16,17);6H,4-5,7H2,1-3H3,(H,19,20)(H3,13,15,16,18);6-7H,4-5,8H2,1-3H3,(H,18,19)(H2,13,14,15);4-5,9,16H,6-8H2,1-3H3,(H,18,19)(H2,13,14,17)/t2*9-;;;;9-/m01...0/s1. The average Bonchev–Trinajstić information content (AvgIpc) is 1.68. The molecule has 0 radical (unpaired) electrons. The Kier molecular flexibility index (Phi) is 38.2. The van der Waals surface area contributed by atoms with Crippen LogP contribution in [0.1, 0.15) is 132 Å². The molecule has 0 aliphatic heterocycles.